The van der Waals surface area contributed by atoms with Crippen LogP contribution in [0.2, 0.25) is 0 Å². The summed E-state index contributed by atoms with van der Waals surface area (Å²) in [5.74, 6) is -0.896. The van der Waals surface area contributed by atoms with E-state index in [9.17, 15) is 4.79 Å². The Morgan fingerprint density at radius 1 is 1.24 bits per heavy atom. The van der Waals surface area contributed by atoms with Crippen molar-refractivity contribution in [2.75, 3.05) is 0 Å². The summed E-state index contributed by atoms with van der Waals surface area (Å²) in [5.41, 5.74) is 2.74. The molecule has 0 radical (unpaired) electrons. The Balaban J connectivity index is 2.16. The highest BCUT2D eigenvalue weighted by atomic mass is 16.4. The Bertz CT molecular complexity index is 532. The van der Waals surface area contributed by atoms with Crippen molar-refractivity contribution >= 4 is 5.97 Å². The number of aromatic carboxylic acids is 1. The zero-order valence-electron chi connectivity index (χ0n) is 9.63. The summed E-state index contributed by atoms with van der Waals surface area (Å²) in [6.45, 7) is 2.81. The lowest BCUT2D eigenvalue weighted by atomic mass is 10.1. The number of hydrogen-bond donors (Lipinski definition) is 1. The molecule has 0 aliphatic rings. The van der Waals surface area contributed by atoms with E-state index in [1.54, 1.807) is 24.5 Å². The van der Waals surface area contributed by atoms with E-state index >= 15 is 0 Å². The van der Waals surface area contributed by atoms with E-state index in [0.29, 0.717) is 5.56 Å². The number of carboxylic acids is 1. The van der Waals surface area contributed by atoms with Gasteiger partial charge in [-0.05, 0) is 13.0 Å². The first kappa shape index (κ1) is 11.3. The lowest BCUT2D eigenvalue weighted by molar-refractivity contribution is -0.688. The van der Waals surface area contributed by atoms with Crippen LogP contribution < -0.4 is 4.57 Å². The van der Waals surface area contributed by atoms with Crippen molar-refractivity contribution < 1.29 is 14.5 Å². The number of nitrogens with zero attached hydrogens (tertiary/aromatic N) is 1. The molecule has 86 valence electrons. The molecule has 0 bridgehead atoms. The van der Waals surface area contributed by atoms with Crippen molar-refractivity contribution in [3.8, 4) is 0 Å². The van der Waals surface area contributed by atoms with Gasteiger partial charge in [0.15, 0.2) is 18.9 Å². The van der Waals surface area contributed by atoms with E-state index in [0.717, 1.165) is 6.54 Å². The van der Waals surface area contributed by atoms with E-state index < -0.39 is 5.97 Å². The van der Waals surface area contributed by atoms with Gasteiger partial charge in [-0.15, -0.1) is 0 Å². The monoisotopic (exact) mass is 228 g/mol. The van der Waals surface area contributed by atoms with Crippen LogP contribution in [0.4, 0.5) is 0 Å². The molecular weight excluding hydrogens is 214 g/mol. The number of benzene rings is 1. The maximum atomic E-state index is 10.7. The van der Waals surface area contributed by atoms with Crippen LogP contribution in [0.3, 0.4) is 0 Å². The van der Waals surface area contributed by atoms with Gasteiger partial charge in [0.1, 0.15) is 0 Å². The van der Waals surface area contributed by atoms with Gasteiger partial charge in [-0.25, -0.2) is 9.36 Å². The van der Waals surface area contributed by atoms with Crippen molar-refractivity contribution in [2.24, 2.45) is 0 Å². The summed E-state index contributed by atoms with van der Waals surface area (Å²) in [6.07, 6.45) is 3.57. The highest BCUT2D eigenvalue weighted by molar-refractivity contribution is 5.87. The molecule has 1 heterocycles. The maximum absolute atomic E-state index is 10.7. The normalized spacial score (nSPS) is 10.2. The fraction of sp³-hybridized carbons (Fsp3) is 0.143. The lowest BCUT2D eigenvalue weighted by Crippen LogP contribution is -2.33. The quantitative estimate of drug-likeness (QED) is 0.817. The number of rotatable bonds is 3. The summed E-state index contributed by atoms with van der Waals surface area (Å²) >= 11 is 0. The van der Waals surface area contributed by atoms with Crippen molar-refractivity contribution in [3.63, 3.8) is 0 Å². The summed E-state index contributed by atoms with van der Waals surface area (Å²) in [4.78, 5) is 10.7. The minimum Gasteiger partial charge on any atom is -0.478 e. The maximum Gasteiger partial charge on any atom is 0.336 e. The minimum atomic E-state index is -0.896. The summed E-state index contributed by atoms with van der Waals surface area (Å²) in [6, 6.07) is 11.5. The molecule has 1 aromatic carbocycles. The number of pyridine rings is 1. The van der Waals surface area contributed by atoms with Gasteiger partial charge < -0.3 is 5.11 Å². The average molecular weight is 228 g/mol. The van der Waals surface area contributed by atoms with Gasteiger partial charge in [-0.3, -0.25) is 0 Å². The fourth-order valence-electron chi connectivity index (χ4n) is 1.73. The van der Waals surface area contributed by atoms with E-state index in [1.165, 1.54) is 11.1 Å². The van der Waals surface area contributed by atoms with Crippen molar-refractivity contribution in [1.29, 1.82) is 0 Å². The van der Waals surface area contributed by atoms with E-state index in [2.05, 4.69) is 25.1 Å². The van der Waals surface area contributed by atoms with Crippen LogP contribution >= 0.6 is 0 Å². The predicted molar refractivity (Wildman–Crippen MR) is 63.9 cm³/mol. The van der Waals surface area contributed by atoms with Gasteiger partial charge in [0.05, 0.1) is 5.56 Å². The molecule has 1 aromatic heterocycles. The summed E-state index contributed by atoms with van der Waals surface area (Å²) in [7, 11) is 0. The van der Waals surface area contributed by atoms with Crippen LogP contribution in [0.1, 0.15) is 21.5 Å². The van der Waals surface area contributed by atoms with Gasteiger partial charge in [-0.1, -0.05) is 23.8 Å². The first-order valence-electron chi connectivity index (χ1n) is 5.43. The average Bonchev–Trinajstić information content (AvgIpc) is 2.29. The molecule has 0 fully saturated rings. The molecule has 2 aromatic rings. The zero-order valence-corrected chi connectivity index (χ0v) is 9.63. The Hall–Kier alpha value is -2.16. The number of aromatic nitrogens is 1. The molecule has 0 aliphatic carbocycles. The van der Waals surface area contributed by atoms with E-state index in [-0.39, 0.29) is 0 Å². The molecule has 0 saturated heterocycles. The van der Waals surface area contributed by atoms with Crippen molar-refractivity contribution in [2.45, 2.75) is 13.5 Å². The largest absolute Gasteiger partial charge is 0.478 e. The number of aryl methyl sites for hydroxylation is 1. The molecule has 1 N–H and O–H groups in total. The molecule has 17 heavy (non-hydrogen) atoms. The molecule has 0 aliphatic heterocycles. The van der Waals surface area contributed by atoms with Crippen molar-refractivity contribution in [1.82, 2.24) is 0 Å². The Morgan fingerprint density at radius 2 is 1.94 bits per heavy atom. The van der Waals surface area contributed by atoms with Crippen LogP contribution in [-0.2, 0) is 6.54 Å². The third-order valence-electron chi connectivity index (χ3n) is 2.59. The number of carbonyl (C=O) groups is 1. The molecule has 0 unspecified atom stereocenters. The van der Waals surface area contributed by atoms with Crippen LogP contribution in [-0.4, -0.2) is 11.1 Å². The van der Waals surface area contributed by atoms with Gasteiger partial charge in [0.2, 0.25) is 0 Å². The minimum absolute atomic E-state index is 0.311. The van der Waals surface area contributed by atoms with Crippen LogP contribution in [0.5, 0.6) is 0 Å². The van der Waals surface area contributed by atoms with Crippen LogP contribution in [0.15, 0.2) is 48.8 Å². The van der Waals surface area contributed by atoms with E-state index in [1.807, 2.05) is 10.6 Å². The van der Waals surface area contributed by atoms with Gasteiger partial charge in [-0.2, -0.15) is 0 Å². The van der Waals surface area contributed by atoms with Gasteiger partial charge in [0.25, 0.3) is 0 Å². The molecule has 0 atom stereocenters. The predicted octanol–water partition coefficient (Wildman–Crippen LogP) is 2.03. The molecule has 2 rings (SSSR count). The fourth-order valence-corrected chi connectivity index (χ4v) is 1.73. The standard InChI is InChI=1S/C14H13NO2/c1-11-3-2-4-12(9-11)10-15-7-5-13(6-8-15)14(16)17/h2-9H,10H2,1H3/p+1. The zero-order chi connectivity index (χ0) is 12.3. The topological polar surface area (TPSA) is 41.2 Å². The van der Waals surface area contributed by atoms with Crippen LogP contribution in [0.25, 0.3) is 0 Å². The Kier molecular flexibility index (Phi) is 3.19. The third kappa shape index (κ3) is 2.91. The third-order valence-corrected chi connectivity index (χ3v) is 2.59. The van der Waals surface area contributed by atoms with Crippen LogP contribution in [0, 0.1) is 6.92 Å². The lowest BCUT2D eigenvalue weighted by Gasteiger charge is -1.99. The highest BCUT2D eigenvalue weighted by Gasteiger charge is 2.06. The molecule has 3 heteroatoms. The molecule has 0 saturated carbocycles. The Morgan fingerprint density at radius 3 is 2.53 bits per heavy atom. The summed E-state index contributed by atoms with van der Waals surface area (Å²) in [5, 5.41) is 8.79. The highest BCUT2D eigenvalue weighted by Crippen LogP contribution is 2.03. The molecular formula is C14H14NO2+. The molecule has 3 nitrogen and oxygen atoms in total. The van der Waals surface area contributed by atoms with Gasteiger partial charge >= 0.3 is 5.97 Å². The summed E-state index contributed by atoms with van der Waals surface area (Å²) < 4.78 is 1.96. The second-order valence-corrected chi connectivity index (χ2v) is 4.05. The Labute approximate surface area is 100.0 Å². The first-order chi connectivity index (χ1) is 8.15. The van der Waals surface area contributed by atoms with Gasteiger partial charge in [0, 0.05) is 17.7 Å². The number of hydrogen-bond acceptors (Lipinski definition) is 1. The SMILES string of the molecule is Cc1cccc(C[n+]2ccc(C(=O)O)cc2)c1. The molecule has 0 amide bonds. The second kappa shape index (κ2) is 4.78. The first-order valence-corrected chi connectivity index (χ1v) is 5.43. The molecule has 0 spiro atoms. The second-order valence-electron chi connectivity index (χ2n) is 4.05. The van der Waals surface area contributed by atoms with Crippen molar-refractivity contribution in [3.05, 3.63) is 65.5 Å². The van der Waals surface area contributed by atoms with E-state index in [4.69, 9.17) is 5.11 Å². The number of carboxylic acid groups (broad SMARTS) is 1. The smallest absolute Gasteiger partial charge is 0.336 e.